The first-order valence-electron chi connectivity index (χ1n) is 8.93. The van der Waals surface area contributed by atoms with Crippen LogP contribution in [0.15, 0.2) is 16.9 Å². The number of hydrogen-bond donors (Lipinski definition) is 4. The van der Waals surface area contributed by atoms with Crippen molar-refractivity contribution < 1.29 is 9.53 Å². The van der Waals surface area contributed by atoms with E-state index in [2.05, 4.69) is 41.4 Å². The molecule has 148 valence electrons. The van der Waals surface area contributed by atoms with Gasteiger partial charge < -0.3 is 31.0 Å². The SMILES string of the molecule is Cl.NC1CCCN(c2c(Br)cnc3[nH]cc(NC(=O)C4CNCCO4)c23)C1. The summed E-state index contributed by atoms with van der Waals surface area (Å²) in [6.45, 7) is 3.54. The summed E-state index contributed by atoms with van der Waals surface area (Å²) in [6, 6.07) is 0.151. The number of nitrogens with one attached hydrogen (secondary N) is 3. The third-order valence-electron chi connectivity index (χ3n) is 4.88. The number of carbonyl (C=O) groups excluding carboxylic acids is 1. The topological polar surface area (TPSA) is 108 Å². The minimum Gasteiger partial charge on any atom is -0.368 e. The molecule has 8 nitrogen and oxygen atoms in total. The Labute approximate surface area is 172 Å². The van der Waals surface area contributed by atoms with Crippen LogP contribution in [-0.2, 0) is 9.53 Å². The first kappa shape index (κ1) is 20.3. The van der Waals surface area contributed by atoms with E-state index in [1.54, 1.807) is 12.4 Å². The van der Waals surface area contributed by atoms with Crippen LogP contribution in [-0.4, -0.2) is 60.8 Å². The van der Waals surface area contributed by atoms with Crippen molar-refractivity contribution in [2.75, 3.05) is 43.0 Å². The molecule has 2 fully saturated rings. The molecule has 4 heterocycles. The second-order valence-corrected chi connectivity index (χ2v) is 7.64. The summed E-state index contributed by atoms with van der Waals surface area (Å²) in [5.74, 6) is -0.153. The van der Waals surface area contributed by atoms with E-state index in [0.29, 0.717) is 18.8 Å². The van der Waals surface area contributed by atoms with Gasteiger partial charge >= 0.3 is 0 Å². The average Bonchev–Trinajstić information content (AvgIpc) is 3.05. The lowest BCUT2D eigenvalue weighted by molar-refractivity contribution is -0.128. The Kier molecular flexibility index (Phi) is 6.59. The maximum absolute atomic E-state index is 12.6. The van der Waals surface area contributed by atoms with Crippen molar-refractivity contribution in [3.05, 3.63) is 16.9 Å². The first-order valence-corrected chi connectivity index (χ1v) is 9.72. The van der Waals surface area contributed by atoms with Gasteiger partial charge in [0.1, 0.15) is 11.8 Å². The summed E-state index contributed by atoms with van der Waals surface area (Å²) in [5.41, 5.74) is 8.64. The molecule has 5 N–H and O–H groups in total. The molecule has 0 radical (unpaired) electrons. The molecule has 27 heavy (non-hydrogen) atoms. The van der Waals surface area contributed by atoms with Gasteiger partial charge in [-0.15, -0.1) is 12.4 Å². The van der Waals surface area contributed by atoms with Gasteiger partial charge in [0.25, 0.3) is 5.91 Å². The second kappa shape index (κ2) is 8.74. The number of carbonyl (C=O) groups is 1. The van der Waals surface area contributed by atoms with Crippen molar-refractivity contribution >= 4 is 56.7 Å². The summed E-state index contributed by atoms with van der Waals surface area (Å²) >= 11 is 3.63. The zero-order valence-corrected chi connectivity index (χ0v) is 17.2. The molecule has 4 rings (SSSR count). The van der Waals surface area contributed by atoms with Gasteiger partial charge in [0, 0.05) is 44.6 Å². The van der Waals surface area contributed by atoms with Crippen LogP contribution in [0, 0.1) is 0 Å². The Hall–Kier alpha value is -1.39. The van der Waals surface area contributed by atoms with Crippen LogP contribution in [0.1, 0.15) is 12.8 Å². The smallest absolute Gasteiger partial charge is 0.254 e. The Bertz CT molecular complexity index is 810. The number of anilines is 2. The molecule has 2 aliphatic heterocycles. The van der Waals surface area contributed by atoms with Gasteiger partial charge in [0.15, 0.2) is 0 Å². The van der Waals surface area contributed by atoms with Crippen molar-refractivity contribution in [2.24, 2.45) is 5.73 Å². The number of halogens is 2. The fourth-order valence-electron chi connectivity index (χ4n) is 3.62. The van der Waals surface area contributed by atoms with Crippen molar-refractivity contribution in [3.63, 3.8) is 0 Å². The van der Waals surface area contributed by atoms with E-state index in [1.165, 1.54) is 0 Å². The zero-order valence-electron chi connectivity index (χ0n) is 14.8. The van der Waals surface area contributed by atoms with Gasteiger partial charge in [-0.2, -0.15) is 0 Å². The lowest BCUT2D eigenvalue weighted by Gasteiger charge is -2.33. The highest BCUT2D eigenvalue weighted by molar-refractivity contribution is 9.10. The predicted molar refractivity (Wildman–Crippen MR) is 112 cm³/mol. The molecule has 2 aromatic heterocycles. The van der Waals surface area contributed by atoms with E-state index in [1.807, 2.05) is 0 Å². The maximum Gasteiger partial charge on any atom is 0.254 e. The number of aromatic nitrogens is 2. The molecular weight excluding hydrogens is 436 g/mol. The van der Waals surface area contributed by atoms with Crippen LogP contribution in [0.2, 0.25) is 0 Å². The van der Waals surface area contributed by atoms with Gasteiger partial charge in [-0.05, 0) is 28.8 Å². The lowest BCUT2D eigenvalue weighted by Crippen LogP contribution is -2.45. The molecule has 0 aromatic carbocycles. The van der Waals surface area contributed by atoms with Crippen molar-refractivity contribution in [3.8, 4) is 0 Å². The van der Waals surface area contributed by atoms with Gasteiger partial charge in [0.05, 0.1) is 27.8 Å². The molecule has 2 aromatic rings. The highest BCUT2D eigenvalue weighted by Crippen LogP contribution is 2.38. The van der Waals surface area contributed by atoms with E-state index in [9.17, 15) is 4.79 Å². The number of piperidine rings is 1. The summed E-state index contributed by atoms with van der Waals surface area (Å²) in [4.78, 5) is 22.4. The molecule has 2 aliphatic rings. The normalized spacial score (nSPS) is 23.1. The largest absolute Gasteiger partial charge is 0.368 e. The van der Waals surface area contributed by atoms with Crippen LogP contribution in [0.25, 0.3) is 11.0 Å². The summed E-state index contributed by atoms with van der Waals surface area (Å²) in [5, 5.41) is 7.07. The maximum atomic E-state index is 12.6. The third kappa shape index (κ3) is 4.22. The van der Waals surface area contributed by atoms with Crippen LogP contribution in [0.3, 0.4) is 0 Å². The molecule has 2 unspecified atom stereocenters. The standard InChI is InChI=1S/C17H23BrN6O2.ClH/c18-11-6-21-16-14(15(11)24-4-1-2-10(19)9-24)12(7-22-16)23-17(25)13-8-20-3-5-26-13;/h6-7,10,13,20H,1-5,8-9,19H2,(H,21,22)(H,23,25);1H. The predicted octanol–water partition coefficient (Wildman–Crippen LogP) is 1.60. The number of ether oxygens (including phenoxy) is 1. The van der Waals surface area contributed by atoms with E-state index in [4.69, 9.17) is 10.5 Å². The van der Waals surface area contributed by atoms with Crippen molar-refractivity contribution in [1.29, 1.82) is 0 Å². The van der Waals surface area contributed by atoms with Gasteiger partial charge in [0.2, 0.25) is 0 Å². The summed E-state index contributed by atoms with van der Waals surface area (Å²) in [7, 11) is 0. The molecule has 0 aliphatic carbocycles. The average molecular weight is 460 g/mol. The molecule has 0 spiro atoms. The fourth-order valence-corrected chi connectivity index (χ4v) is 4.17. The van der Waals surface area contributed by atoms with Crippen LogP contribution < -0.4 is 21.3 Å². The fraction of sp³-hybridized carbons (Fsp3) is 0.529. The summed E-state index contributed by atoms with van der Waals surface area (Å²) < 4.78 is 6.44. The quantitative estimate of drug-likeness (QED) is 0.555. The zero-order chi connectivity index (χ0) is 18.1. The van der Waals surface area contributed by atoms with E-state index in [-0.39, 0.29) is 24.4 Å². The highest BCUT2D eigenvalue weighted by Gasteiger charge is 2.26. The molecule has 0 bridgehead atoms. The minimum atomic E-state index is -0.485. The minimum absolute atomic E-state index is 0. The van der Waals surface area contributed by atoms with Crippen LogP contribution >= 0.6 is 28.3 Å². The first-order chi connectivity index (χ1) is 12.6. The number of nitrogens with two attached hydrogens (primary N) is 1. The third-order valence-corrected chi connectivity index (χ3v) is 5.46. The number of rotatable bonds is 3. The molecule has 10 heteroatoms. The van der Waals surface area contributed by atoms with E-state index >= 15 is 0 Å². The number of nitrogens with zero attached hydrogens (tertiary/aromatic N) is 2. The number of amides is 1. The lowest BCUT2D eigenvalue weighted by atomic mass is 10.1. The van der Waals surface area contributed by atoms with Crippen LogP contribution in [0.5, 0.6) is 0 Å². The van der Waals surface area contributed by atoms with Crippen molar-refractivity contribution in [2.45, 2.75) is 25.0 Å². The van der Waals surface area contributed by atoms with Crippen LogP contribution in [0.4, 0.5) is 11.4 Å². The van der Waals surface area contributed by atoms with Crippen molar-refractivity contribution in [1.82, 2.24) is 15.3 Å². The molecule has 1 amide bonds. The highest BCUT2D eigenvalue weighted by atomic mass is 79.9. The Morgan fingerprint density at radius 3 is 3.07 bits per heavy atom. The molecule has 2 saturated heterocycles. The van der Waals surface area contributed by atoms with Gasteiger partial charge in [-0.25, -0.2) is 4.98 Å². The Balaban J connectivity index is 0.00000210. The van der Waals surface area contributed by atoms with Gasteiger partial charge in [-0.1, -0.05) is 0 Å². The second-order valence-electron chi connectivity index (χ2n) is 6.78. The molecule has 0 saturated carbocycles. The number of H-pyrrole nitrogens is 1. The number of hydrogen-bond acceptors (Lipinski definition) is 6. The van der Waals surface area contributed by atoms with Gasteiger partial charge in [-0.3, -0.25) is 4.79 Å². The molecule has 2 atom stereocenters. The number of pyridine rings is 1. The Morgan fingerprint density at radius 2 is 2.33 bits per heavy atom. The number of aromatic amines is 1. The molecular formula is C17H24BrClN6O2. The number of fused-ring (bicyclic) bond motifs is 1. The summed E-state index contributed by atoms with van der Waals surface area (Å²) in [6.07, 6.45) is 5.16. The van der Waals surface area contributed by atoms with E-state index in [0.717, 1.165) is 53.7 Å². The number of morpholine rings is 1. The van der Waals surface area contributed by atoms with E-state index < -0.39 is 6.10 Å². The Morgan fingerprint density at radius 1 is 1.48 bits per heavy atom. The monoisotopic (exact) mass is 458 g/mol.